The second-order valence-electron chi connectivity index (χ2n) is 24.1. The van der Waals surface area contributed by atoms with E-state index < -0.39 is 0 Å². The molecule has 0 fully saturated rings. The van der Waals surface area contributed by atoms with Gasteiger partial charge in [0.05, 0.1) is 22.6 Å². The molecule has 0 unspecified atom stereocenters. The maximum absolute atomic E-state index is 4.46. The average molecular weight is 2030 g/mol. The average Bonchev–Trinajstić information content (AvgIpc) is 1.60. The fourth-order valence-corrected chi connectivity index (χ4v) is 12.5. The Kier molecular flexibility index (Phi) is 26.6. The van der Waals surface area contributed by atoms with Gasteiger partial charge in [-0.2, -0.15) is 0 Å². The molecule has 0 aliphatic heterocycles. The van der Waals surface area contributed by atoms with Gasteiger partial charge in [-0.1, -0.05) is 194 Å². The third-order valence-corrected chi connectivity index (χ3v) is 17.3. The summed E-state index contributed by atoms with van der Waals surface area (Å²) >= 11 is 0. The molecule has 102 heavy (non-hydrogen) atoms. The van der Waals surface area contributed by atoms with Gasteiger partial charge >= 0.3 is 0 Å². The van der Waals surface area contributed by atoms with Gasteiger partial charge < -0.3 is 31.5 Å². The van der Waals surface area contributed by atoms with Crippen LogP contribution in [0.15, 0.2) is 328 Å². The molecule has 0 amide bonds. The summed E-state index contributed by atoms with van der Waals surface area (Å²) in [5, 5.41) is 5.08. The van der Waals surface area contributed by atoms with Crippen LogP contribution in [0.4, 0.5) is 0 Å². The monoisotopic (exact) mass is 2030 g/mol. The van der Waals surface area contributed by atoms with Crippen molar-refractivity contribution in [3.8, 4) is 78.9 Å². The van der Waals surface area contributed by atoms with Crippen molar-refractivity contribution in [2.24, 2.45) is 0 Å². The predicted molar refractivity (Wildman–Crippen MR) is 404 cm³/mol. The number of benzene rings is 10. The first-order chi connectivity index (χ1) is 47.7. The van der Waals surface area contributed by atoms with Crippen molar-refractivity contribution in [3.63, 3.8) is 0 Å². The van der Waals surface area contributed by atoms with Gasteiger partial charge in [-0.25, -0.2) is 0 Å². The van der Waals surface area contributed by atoms with Gasteiger partial charge in [-0.3, -0.25) is 15.0 Å². The van der Waals surface area contributed by atoms with Crippen molar-refractivity contribution in [1.29, 1.82) is 0 Å². The Bertz CT molecular complexity index is 5300. The zero-order valence-corrected chi connectivity index (χ0v) is 66.2. The van der Waals surface area contributed by atoms with E-state index in [1.54, 1.807) is 0 Å². The van der Waals surface area contributed by atoms with Gasteiger partial charge in [0.2, 0.25) is 0 Å². The van der Waals surface area contributed by atoms with Gasteiger partial charge in [-0.15, -0.1) is 125 Å². The fraction of sp³-hybridized carbons (Fsp3) is 0.0556. The maximum atomic E-state index is 4.46. The molecule has 18 rings (SSSR count). The van der Waals surface area contributed by atoms with E-state index in [0.29, 0.717) is 0 Å². The van der Waals surface area contributed by atoms with E-state index in [0.717, 1.165) is 67.8 Å². The van der Waals surface area contributed by atoms with E-state index in [1.807, 2.05) is 153 Å². The van der Waals surface area contributed by atoms with E-state index in [4.69, 9.17) is 0 Å². The number of hydrogen-bond donors (Lipinski definition) is 0. The van der Waals surface area contributed by atoms with Crippen LogP contribution in [0.2, 0.25) is 0 Å². The van der Waals surface area contributed by atoms with Crippen LogP contribution in [0, 0.1) is 45.5 Å². The van der Waals surface area contributed by atoms with Crippen molar-refractivity contribution >= 4 is 43.6 Å². The number of rotatable bonds is 7. The Labute approximate surface area is 651 Å². The zero-order valence-electron chi connectivity index (χ0n) is 56.6. The third kappa shape index (κ3) is 16.8. The molecule has 0 atom stereocenters. The van der Waals surface area contributed by atoms with Gasteiger partial charge in [0.25, 0.3) is 0 Å². The Morgan fingerprint density at radius 1 is 0.314 bits per heavy atom. The molecule has 12 heteroatoms. The van der Waals surface area contributed by atoms with Crippen LogP contribution in [0.25, 0.3) is 123 Å². The van der Waals surface area contributed by atoms with Gasteiger partial charge in [0, 0.05) is 156 Å². The van der Waals surface area contributed by atoms with E-state index in [1.165, 1.54) is 77.0 Å². The standard InChI is InChI=1S/2C23H15N2.C20H16N.C12H11N.C11H9N2.CH3.4Ir/c1-3-13-22-19(10-1)20-11-2-4-14-23(20)25(22)18-9-7-8-17(16-18)21-12-5-6-15-24-21;1-3-10-22-19(7-1)20-8-2-4-11-23(20)25(22)18-14-12-17(13-15-18)21-9-5-6-16-24-21;1-20(2)17-8-4-3-7-15(17)16-11-10-14(13-18(16)20)19-9-5-6-12-21-19;1-10-5-7-11(8-6-10)12-4-2-3-9-13-12;1-9-7-12-11(13-8-9)10-5-3-2-4-6-10;;;;;/h1-7,9-16H;1-12,14-16H;3-9,11-13H,1-2H3;2-9H,1H3;2-5,7-8H,1H3;1H3;;;;/q3*-1;;2*-1;;;;. The number of aromatic nitrogens is 8. The summed E-state index contributed by atoms with van der Waals surface area (Å²) in [6, 6.07) is 113. The van der Waals surface area contributed by atoms with Gasteiger partial charge in [-0.05, 0) is 113 Å². The molecule has 0 spiro atoms. The molecule has 8 nitrogen and oxygen atoms in total. The van der Waals surface area contributed by atoms with Crippen LogP contribution < -0.4 is 0 Å². The fourth-order valence-electron chi connectivity index (χ4n) is 12.5. The molecule has 7 heterocycles. The first kappa shape index (κ1) is 76.3. The molecule has 0 saturated carbocycles. The molecular formula is C90H69Ir4N8-5. The van der Waals surface area contributed by atoms with Crippen LogP contribution in [-0.4, -0.2) is 39.0 Å². The van der Waals surface area contributed by atoms with Crippen LogP contribution in [-0.2, 0) is 85.8 Å². The molecule has 0 saturated heterocycles. The normalized spacial score (nSPS) is 11.0. The zero-order chi connectivity index (χ0) is 65.9. The third-order valence-electron chi connectivity index (χ3n) is 17.3. The summed E-state index contributed by atoms with van der Waals surface area (Å²) in [6.45, 7) is 8.64. The van der Waals surface area contributed by atoms with Crippen molar-refractivity contribution in [1.82, 2.24) is 39.0 Å². The second kappa shape index (κ2) is 35.6. The largest absolute Gasteiger partial charge is 0.358 e. The first-order valence-corrected chi connectivity index (χ1v) is 32.4. The van der Waals surface area contributed by atoms with Crippen LogP contribution in [0.1, 0.15) is 36.1 Å². The number of fused-ring (bicyclic) bond motifs is 9. The van der Waals surface area contributed by atoms with Crippen molar-refractivity contribution < 1.29 is 80.4 Å². The first-order valence-electron chi connectivity index (χ1n) is 32.4. The Morgan fingerprint density at radius 3 is 1.25 bits per heavy atom. The number of para-hydroxylation sites is 4. The predicted octanol–water partition coefficient (Wildman–Crippen LogP) is 21.9. The summed E-state index contributed by atoms with van der Waals surface area (Å²) in [5.74, 6) is 0.728. The molecule has 10 aromatic carbocycles. The summed E-state index contributed by atoms with van der Waals surface area (Å²) in [7, 11) is 0. The summed E-state index contributed by atoms with van der Waals surface area (Å²) in [4.78, 5) is 26.0. The van der Waals surface area contributed by atoms with E-state index >= 15 is 0 Å². The molecule has 17 aromatic rings. The number of aryl methyl sites for hydroxylation is 2. The van der Waals surface area contributed by atoms with Crippen LogP contribution in [0.5, 0.6) is 0 Å². The van der Waals surface area contributed by atoms with E-state index in [-0.39, 0.29) is 93.3 Å². The molecule has 1 aliphatic rings. The topological polar surface area (TPSA) is 87.2 Å². The van der Waals surface area contributed by atoms with E-state index in [9.17, 15) is 0 Å². The number of pyridine rings is 4. The molecule has 0 bridgehead atoms. The Balaban J connectivity index is 0.000000150. The molecule has 0 N–H and O–H groups in total. The molecule has 510 valence electrons. The smallest absolute Gasteiger partial charge is 0.0748 e. The molecule has 1 aliphatic carbocycles. The quantitative estimate of drug-likeness (QED) is 0.148. The number of hydrogen-bond acceptors (Lipinski definition) is 6. The maximum Gasteiger partial charge on any atom is 0.0748 e. The van der Waals surface area contributed by atoms with Crippen molar-refractivity contribution in [2.45, 2.75) is 33.1 Å². The second-order valence-corrected chi connectivity index (χ2v) is 24.1. The van der Waals surface area contributed by atoms with Crippen LogP contribution >= 0.6 is 0 Å². The van der Waals surface area contributed by atoms with Crippen molar-refractivity contribution in [2.75, 3.05) is 0 Å². The SMILES string of the molecule is CC1(C)c2ccccc2-c2c[c-]c(-c3ccccn3)cc21.Cc1ccc(-c2ccccn2)cc1.Cc1cnc(-c2[c-]cccc2)nc1.[CH3-].[Ir].[Ir].[Ir].[Ir].[c-]1cc(-n2c3ccccc3c3ccccc32)ccc1-c1ccccn1.[c-]1ccc(-n2c3ccccc3c3ccccc32)cc1-c1ccccn1. The summed E-state index contributed by atoms with van der Waals surface area (Å²) in [5.41, 5.74) is 23.9. The minimum absolute atomic E-state index is 0. The summed E-state index contributed by atoms with van der Waals surface area (Å²) in [6.07, 6.45) is 10.9. The van der Waals surface area contributed by atoms with Gasteiger partial charge in [0.1, 0.15) is 0 Å². The molecule has 4 radical (unpaired) electrons. The van der Waals surface area contributed by atoms with E-state index in [2.05, 4.69) is 266 Å². The van der Waals surface area contributed by atoms with Crippen molar-refractivity contribution in [3.05, 3.63) is 382 Å². The van der Waals surface area contributed by atoms with Gasteiger partial charge in [0.15, 0.2) is 0 Å². The minimum Gasteiger partial charge on any atom is -0.358 e. The minimum atomic E-state index is 0. The molecule has 7 aromatic heterocycles. The number of nitrogens with zero attached hydrogens (tertiary/aromatic N) is 8. The molecular weight excluding hydrogens is 1960 g/mol. The Hall–Kier alpha value is -9.92. The Morgan fingerprint density at radius 2 is 0.755 bits per heavy atom. The summed E-state index contributed by atoms with van der Waals surface area (Å²) < 4.78 is 4.61. The van der Waals surface area contributed by atoms with Crippen LogP contribution in [0.3, 0.4) is 0 Å².